The number of benzene rings is 1. The molecular weight excluding hydrogens is 258 g/mol. The molecule has 1 aromatic heterocycles. The van der Waals surface area contributed by atoms with Gasteiger partial charge in [-0.05, 0) is 12.1 Å². The van der Waals surface area contributed by atoms with Gasteiger partial charge < -0.3 is 9.67 Å². The molecule has 2 rings (SSSR count). The summed E-state index contributed by atoms with van der Waals surface area (Å²) in [5.74, 6) is 0. The molecule has 0 bridgehead atoms. The molecule has 0 radical (unpaired) electrons. The van der Waals surface area contributed by atoms with Crippen molar-refractivity contribution >= 4 is 17.3 Å². The fourth-order valence-corrected chi connectivity index (χ4v) is 1.78. The van der Waals surface area contributed by atoms with Crippen LogP contribution >= 0.6 is 11.6 Å². The molecule has 94 valence electrons. The number of hydrogen-bond acceptors (Lipinski definition) is 4. The van der Waals surface area contributed by atoms with E-state index in [-0.39, 0.29) is 12.3 Å². The molecule has 0 aliphatic heterocycles. The van der Waals surface area contributed by atoms with E-state index < -0.39 is 4.92 Å². The Kier molecular flexibility index (Phi) is 3.59. The molecule has 0 unspecified atom stereocenters. The average Bonchev–Trinajstić information content (AvgIpc) is 2.79. The number of aromatic nitrogens is 2. The Labute approximate surface area is 108 Å². The number of nitro groups is 1. The van der Waals surface area contributed by atoms with Crippen molar-refractivity contribution in [1.29, 1.82) is 0 Å². The SMILES string of the molecule is O=[N+]([O-])c1cc(Cl)ccc1Cn1cnc(CO)c1. The molecular formula is C11H10ClN3O3. The van der Waals surface area contributed by atoms with E-state index in [1.807, 2.05) is 0 Å². The van der Waals surface area contributed by atoms with Crippen LogP contribution in [0, 0.1) is 10.1 Å². The van der Waals surface area contributed by atoms with Crippen LogP contribution in [0.1, 0.15) is 11.3 Å². The van der Waals surface area contributed by atoms with Crippen molar-refractivity contribution in [3.63, 3.8) is 0 Å². The highest BCUT2D eigenvalue weighted by atomic mass is 35.5. The quantitative estimate of drug-likeness (QED) is 0.678. The van der Waals surface area contributed by atoms with E-state index >= 15 is 0 Å². The Morgan fingerprint density at radius 1 is 1.50 bits per heavy atom. The largest absolute Gasteiger partial charge is 0.390 e. The molecule has 0 spiro atoms. The van der Waals surface area contributed by atoms with E-state index in [0.717, 1.165) is 0 Å². The maximum Gasteiger partial charge on any atom is 0.275 e. The van der Waals surface area contributed by atoms with Gasteiger partial charge >= 0.3 is 0 Å². The van der Waals surface area contributed by atoms with Crippen LogP contribution in [0.2, 0.25) is 5.02 Å². The van der Waals surface area contributed by atoms with Crippen molar-refractivity contribution in [2.75, 3.05) is 0 Å². The molecule has 0 aliphatic carbocycles. The summed E-state index contributed by atoms with van der Waals surface area (Å²) in [5.41, 5.74) is 1.03. The van der Waals surface area contributed by atoms with Crippen molar-refractivity contribution in [3.05, 3.63) is 57.1 Å². The number of imidazole rings is 1. The summed E-state index contributed by atoms with van der Waals surface area (Å²) in [4.78, 5) is 14.4. The van der Waals surface area contributed by atoms with Crippen molar-refractivity contribution in [1.82, 2.24) is 9.55 Å². The fourth-order valence-electron chi connectivity index (χ4n) is 1.61. The van der Waals surface area contributed by atoms with Crippen LogP contribution < -0.4 is 0 Å². The first-order chi connectivity index (χ1) is 8.60. The zero-order valence-electron chi connectivity index (χ0n) is 9.28. The second-order valence-electron chi connectivity index (χ2n) is 3.73. The van der Waals surface area contributed by atoms with E-state index in [2.05, 4.69) is 4.98 Å². The van der Waals surface area contributed by atoms with Crippen LogP contribution in [-0.2, 0) is 13.2 Å². The van der Waals surface area contributed by atoms with Gasteiger partial charge in [-0.1, -0.05) is 11.6 Å². The molecule has 0 amide bonds. The fraction of sp³-hybridized carbons (Fsp3) is 0.182. The maximum absolute atomic E-state index is 10.9. The second-order valence-corrected chi connectivity index (χ2v) is 4.16. The third-order valence-electron chi connectivity index (χ3n) is 2.45. The zero-order chi connectivity index (χ0) is 13.1. The van der Waals surface area contributed by atoms with Crippen molar-refractivity contribution < 1.29 is 10.0 Å². The Morgan fingerprint density at radius 2 is 2.28 bits per heavy atom. The molecule has 2 aromatic rings. The number of rotatable bonds is 4. The lowest BCUT2D eigenvalue weighted by molar-refractivity contribution is -0.385. The lowest BCUT2D eigenvalue weighted by Gasteiger charge is -2.04. The van der Waals surface area contributed by atoms with Gasteiger partial charge in [0.25, 0.3) is 5.69 Å². The molecule has 1 N–H and O–H groups in total. The summed E-state index contributed by atoms with van der Waals surface area (Å²) in [6, 6.07) is 4.54. The first kappa shape index (κ1) is 12.5. The van der Waals surface area contributed by atoms with Gasteiger partial charge in [0.05, 0.1) is 30.1 Å². The number of aliphatic hydroxyl groups excluding tert-OH is 1. The minimum atomic E-state index is -0.467. The predicted octanol–water partition coefficient (Wildman–Crippen LogP) is 1.99. The molecule has 0 fully saturated rings. The molecule has 18 heavy (non-hydrogen) atoms. The smallest absolute Gasteiger partial charge is 0.275 e. The highest BCUT2D eigenvalue weighted by Crippen LogP contribution is 2.24. The monoisotopic (exact) mass is 267 g/mol. The van der Waals surface area contributed by atoms with E-state index in [9.17, 15) is 10.1 Å². The van der Waals surface area contributed by atoms with Crippen LogP contribution in [-0.4, -0.2) is 19.6 Å². The van der Waals surface area contributed by atoms with Gasteiger partial charge in [0, 0.05) is 22.8 Å². The summed E-state index contributed by atoms with van der Waals surface area (Å²) in [7, 11) is 0. The number of nitro benzene ring substituents is 1. The van der Waals surface area contributed by atoms with E-state index in [0.29, 0.717) is 22.8 Å². The van der Waals surface area contributed by atoms with E-state index in [1.54, 1.807) is 22.9 Å². The summed E-state index contributed by atoms with van der Waals surface area (Å²) >= 11 is 5.73. The van der Waals surface area contributed by atoms with Gasteiger partial charge in [-0.15, -0.1) is 0 Å². The van der Waals surface area contributed by atoms with Crippen molar-refractivity contribution in [2.24, 2.45) is 0 Å². The average molecular weight is 268 g/mol. The molecule has 6 nitrogen and oxygen atoms in total. The second kappa shape index (κ2) is 5.16. The van der Waals surface area contributed by atoms with Crippen LogP contribution in [0.15, 0.2) is 30.7 Å². The summed E-state index contributed by atoms with van der Waals surface area (Å²) in [6.07, 6.45) is 3.15. The van der Waals surface area contributed by atoms with Crippen LogP contribution in [0.25, 0.3) is 0 Å². The first-order valence-electron chi connectivity index (χ1n) is 5.14. The molecule has 0 atom stereocenters. The number of aliphatic hydroxyl groups is 1. The normalized spacial score (nSPS) is 10.6. The van der Waals surface area contributed by atoms with Crippen LogP contribution in [0.5, 0.6) is 0 Å². The molecule has 7 heteroatoms. The Hall–Kier alpha value is -1.92. The third-order valence-corrected chi connectivity index (χ3v) is 2.68. The molecule has 1 aromatic carbocycles. The maximum atomic E-state index is 10.9. The van der Waals surface area contributed by atoms with Crippen LogP contribution in [0.4, 0.5) is 5.69 Å². The Morgan fingerprint density at radius 3 is 2.89 bits per heavy atom. The number of hydrogen-bond donors (Lipinski definition) is 1. The number of halogens is 1. The van der Waals surface area contributed by atoms with Gasteiger partial charge in [-0.3, -0.25) is 10.1 Å². The molecule has 0 saturated heterocycles. The Balaban J connectivity index is 2.30. The minimum absolute atomic E-state index is 0.0262. The first-order valence-corrected chi connectivity index (χ1v) is 5.52. The third kappa shape index (κ3) is 2.66. The Bertz CT molecular complexity index is 583. The zero-order valence-corrected chi connectivity index (χ0v) is 10.0. The van der Waals surface area contributed by atoms with Gasteiger partial charge in [0.2, 0.25) is 0 Å². The summed E-state index contributed by atoms with van der Waals surface area (Å²) in [5, 5.41) is 20.1. The molecule has 0 aliphatic rings. The van der Waals surface area contributed by atoms with E-state index in [4.69, 9.17) is 16.7 Å². The topological polar surface area (TPSA) is 81.2 Å². The minimum Gasteiger partial charge on any atom is -0.390 e. The van der Waals surface area contributed by atoms with Crippen LogP contribution in [0.3, 0.4) is 0 Å². The van der Waals surface area contributed by atoms with E-state index in [1.165, 1.54) is 12.4 Å². The summed E-state index contributed by atoms with van der Waals surface area (Å²) < 4.78 is 1.67. The summed E-state index contributed by atoms with van der Waals surface area (Å²) in [6.45, 7) is 0.149. The lowest BCUT2D eigenvalue weighted by atomic mass is 10.2. The van der Waals surface area contributed by atoms with Gasteiger partial charge in [-0.2, -0.15) is 0 Å². The van der Waals surface area contributed by atoms with Gasteiger partial charge in [0.15, 0.2) is 0 Å². The molecule has 0 saturated carbocycles. The highest BCUT2D eigenvalue weighted by molar-refractivity contribution is 6.30. The highest BCUT2D eigenvalue weighted by Gasteiger charge is 2.14. The van der Waals surface area contributed by atoms with Gasteiger partial charge in [0.1, 0.15) is 0 Å². The standard InChI is InChI=1S/C11H10ClN3O3/c12-9-2-1-8(11(3-9)15(17)18)4-14-5-10(6-16)13-7-14/h1-3,5,7,16H,4,6H2. The predicted molar refractivity (Wildman–Crippen MR) is 65.4 cm³/mol. The van der Waals surface area contributed by atoms with Crippen molar-refractivity contribution in [2.45, 2.75) is 13.2 Å². The van der Waals surface area contributed by atoms with Gasteiger partial charge in [-0.25, -0.2) is 4.98 Å². The lowest BCUT2D eigenvalue weighted by Crippen LogP contribution is -2.01. The number of nitrogens with zero attached hydrogens (tertiary/aromatic N) is 3. The van der Waals surface area contributed by atoms with Crippen molar-refractivity contribution in [3.8, 4) is 0 Å². The molecule has 1 heterocycles.